The Morgan fingerprint density at radius 3 is 2.48 bits per heavy atom. The summed E-state index contributed by atoms with van der Waals surface area (Å²) in [6.07, 6.45) is 4.64. The van der Waals surface area contributed by atoms with E-state index in [-0.39, 0.29) is 11.6 Å². The quantitative estimate of drug-likeness (QED) is 0.886. The number of carbonyl (C=O) groups is 1. The maximum absolute atomic E-state index is 11.8. The van der Waals surface area contributed by atoms with Crippen LogP contribution in [0.3, 0.4) is 0 Å². The number of hydrogen-bond acceptors (Lipinski definition) is 4. The minimum atomic E-state index is 0.0754. The molecule has 2 amide bonds. The van der Waals surface area contributed by atoms with Crippen molar-refractivity contribution in [2.45, 2.75) is 31.2 Å². The summed E-state index contributed by atoms with van der Waals surface area (Å²) in [5, 5.41) is 2.89. The van der Waals surface area contributed by atoms with Crippen LogP contribution in [0.4, 0.5) is 4.79 Å². The molecule has 6 nitrogen and oxygen atoms in total. The summed E-state index contributed by atoms with van der Waals surface area (Å²) < 4.78 is 11.0. The van der Waals surface area contributed by atoms with Gasteiger partial charge in [-0.05, 0) is 48.9 Å². The van der Waals surface area contributed by atoms with E-state index in [1.54, 1.807) is 14.2 Å². The first kappa shape index (κ1) is 16.5. The minimum Gasteiger partial charge on any atom is -0.493 e. The van der Waals surface area contributed by atoms with Gasteiger partial charge in [-0.3, -0.25) is 4.90 Å². The number of amides is 2. The van der Waals surface area contributed by atoms with Crippen molar-refractivity contribution in [3.05, 3.63) is 23.3 Å². The fourth-order valence-electron chi connectivity index (χ4n) is 4.59. The summed E-state index contributed by atoms with van der Waals surface area (Å²) in [7, 11) is 3.39. The van der Waals surface area contributed by atoms with Gasteiger partial charge in [-0.2, -0.15) is 0 Å². The zero-order valence-electron chi connectivity index (χ0n) is 15.1. The molecule has 1 aromatic carbocycles. The maximum atomic E-state index is 11.8. The highest BCUT2D eigenvalue weighted by atomic mass is 16.5. The highest BCUT2D eigenvalue weighted by molar-refractivity contribution is 5.76. The van der Waals surface area contributed by atoms with Gasteiger partial charge in [-0.1, -0.05) is 0 Å². The summed E-state index contributed by atoms with van der Waals surface area (Å²) in [4.78, 5) is 16.3. The molecule has 0 radical (unpaired) electrons. The molecule has 6 heteroatoms. The molecule has 136 valence electrons. The predicted octanol–water partition coefficient (Wildman–Crippen LogP) is 1.97. The van der Waals surface area contributed by atoms with Gasteiger partial charge in [0.25, 0.3) is 0 Å². The Morgan fingerprint density at radius 2 is 1.88 bits per heavy atom. The first-order valence-electron chi connectivity index (χ1n) is 9.21. The number of rotatable bonds is 5. The second-order valence-corrected chi connectivity index (χ2v) is 7.21. The monoisotopic (exact) mass is 345 g/mol. The summed E-state index contributed by atoms with van der Waals surface area (Å²) in [5.74, 6) is 1.63. The number of urea groups is 1. The summed E-state index contributed by atoms with van der Waals surface area (Å²) in [6.45, 7) is 4.36. The second kappa shape index (κ2) is 6.41. The van der Waals surface area contributed by atoms with Crippen molar-refractivity contribution < 1.29 is 14.3 Å². The van der Waals surface area contributed by atoms with Crippen molar-refractivity contribution in [2.24, 2.45) is 0 Å². The summed E-state index contributed by atoms with van der Waals surface area (Å²) in [6, 6.07) is 4.41. The Balaban J connectivity index is 1.59. The Kier molecular flexibility index (Phi) is 4.23. The van der Waals surface area contributed by atoms with E-state index in [9.17, 15) is 4.79 Å². The van der Waals surface area contributed by atoms with E-state index in [4.69, 9.17) is 9.47 Å². The van der Waals surface area contributed by atoms with Crippen LogP contribution in [0.1, 0.15) is 30.4 Å². The summed E-state index contributed by atoms with van der Waals surface area (Å²) in [5.41, 5.74) is 2.89. The zero-order chi connectivity index (χ0) is 17.4. The molecule has 25 heavy (non-hydrogen) atoms. The van der Waals surface area contributed by atoms with E-state index in [0.29, 0.717) is 0 Å². The highest BCUT2D eigenvalue weighted by Gasteiger charge is 2.47. The largest absolute Gasteiger partial charge is 0.493 e. The van der Waals surface area contributed by atoms with Crippen LogP contribution < -0.4 is 14.8 Å². The molecule has 0 atom stereocenters. The molecular formula is C19H27N3O3. The lowest BCUT2D eigenvalue weighted by atomic mass is 9.66. The van der Waals surface area contributed by atoms with Gasteiger partial charge in [0.2, 0.25) is 0 Å². The highest BCUT2D eigenvalue weighted by Crippen LogP contribution is 2.51. The molecule has 3 aliphatic rings. The fraction of sp³-hybridized carbons (Fsp3) is 0.632. The van der Waals surface area contributed by atoms with Crippen molar-refractivity contribution >= 4 is 6.03 Å². The van der Waals surface area contributed by atoms with Gasteiger partial charge in [-0.15, -0.1) is 0 Å². The van der Waals surface area contributed by atoms with Gasteiger partial charge in [0, 0.05) is 38.3 Å². The number of nitrogens with one attached hydrogen (secondary N) is 1. The third kappa shape index (κ3) is 2.63. The van der Waals surface area contributed by atoms with Crippen LogP contribution in [0.25, 0.3) is 0 Å². The van der Waals surface area contributed by atoms with Crippen molar-refractivity contribution in [2.75, 3.05) is 46.9 Å². The SMILES string of the molecule is COc1cc2c(cc1OC)C1(CCC1)N(CCN1CCNC1=O)CC2. The molecule has 1 spiro atoms. The van der Waals surface area contributed by atoms with E-state index in [1.807, 2.05) is 4.90 Å². The molecule has 0 bridgehead atoms. The van der Waals surface area contributed by atoms with Crippen LogP contribution in [0.15, 0.2) is 12.1 Å². The molecule has 1 aromatic rings. The molecule has 2 heterocycles. The lowest BCUT2D eigenvalue weighted by Crippen LogP contribution is -2.56. The normalized spacial score (nSPS) is 21.7. The molecule has 1 aliphatic carbocycles. The van der Waals surface area contributed by atoms with Gasteiger partial charge < -0.3 is 19.7 Å². The van der Waals surface area contributed by atoms with Crippen LogP contribution >= 0.6 is 0 Å². The van der Waals surface area contributed by atoms with E-state index >= 15 is 0 Å². The molecule has 1 N–H and O–H groups in total. The number of fused-ring (bicyclic) bond motifs is 2. The van der Waals surface area contributed by atoms with Crippen LogP contribution in [0.5, 0.6) is 11.5 Å². The number of ether oxygens (including phenoxy) is 2. The van der Waals surface area contributed by atoms with Crippen LogP contribution in [-0.2, 0) is 12.0 Å². The summed E-state index contributed by atoms with van der Waals surface area (Å²) >= 11 is 0. The van der Waals surface area contributed by atoms with E-state index in [0.717, 1.165) is 50.6 Å². The van der Waals surface area contributed by atoms with Crippen molar-refractivity contribution in [3.63, 3.8) is 0 Å². The van der Waals surface area contributed by atoms with Gasteiger partial charge in [-0.25, -0.2) is 4.79 Å². The number of benzene rings is 1. The Labute approximate surface area is 149 Å². The first-order valence-corrected chi connectivity index (χ1v) is 9.21. The number of nitrogens with zero attached hydrogens (tertiary/aromatic N) is 2. The average Bonchev–Trinajstić information content (AvgIpc) is 3.01. The maximum Gasteiger partial charge on any atom is 0.317 e. The molecule has 2 aliphatic heterocycles. The van der Waals surface area contributed by atoms with Gasteiger partial charge in [0.1, 0.15) is 0 Å². The molecule has 0 unspecified atom stereocenters. The fourth-order valence-corrected chi connectivity index (χ4v) is 4.59. The van der Waals surface area contributed by atoms with Crippen LogP contribution in [0.2, 0.25) is 0 Å². The number of hydrogen-bond donors (Lipinski definition) is 1. The zero-order valence-corrected chi connectivity index (χ0v) is 15.1. The lowest BCUT2D eigenvalue weighted by Gasteiger charge is -2.54. The topological polar surface area (TPSA) is 54.0 Å². The van der Waals surface area contributed by atoms with Crippen molar-refractivity contribution in [1.82, 2.24) is 15.1 Å². The molecular weight excluding hydrogens is 318 g/mol. The lowest BCUT2D eigenvalue weighted by molar-refractivity contribution is -0.00124. The van der Waals surface area contributed by atoms with Crippen LogP contribution in [0, 0.1) is 0 Å². The standard InChI is InChI=1S/C19H27N3O3/c1-24-16-12-14-4-8-22(11-10-21-9-7-20-18(21)23)19(5-3-6-19)15(14)13-17(16)25-2/h12-13H,3-11H2,1-2H3,(H,20,23). The van der Waals surface area contributed by atoms with E-state index in [2.05, 4.69) is 22.3 Å². The predicted molar refractivity (Wildman–Crippen MR) is 95.3 cm³/mol. The smallest absolute Gasteiger partial charge is 0.317 e. The van der Waals surface area contributed by atoms with E-state index < -0.39 is 0 Å². The second-order valence-electron chi connectivity index (χ2n) is 7.21. The van der Waals surface area contributed by atoms with Crippen molar-refractivity contribution in [3.8, 4) is 11.5 Å². The third-order valence-electron chi connectivity index (χ3n) is 6.13. The Hall–Kier alpha value is -1.95. The third-order valence-corrected chi connectivity index (χ3v) is 6.13. The first-order chi connectivity index (χ1) is 12.2. The van der Waals surface area contributed by atoms with E-state index in [1.165, 1.54) is 30.4 Å². The Bertz CT molecular complexity index is 672. The Morgan fingerprint density at radius 1 is 1.12 bits per heavy atom. The number of methoxy groups -OCH3 is 2. The van der Waals surface area contributed by atoms with Crippen LogP contribution in [-0.4, -0.2) is 62.8 Å². The molecule has 2 fully saturated rings. The van der Waals surface area contributed by atoms with Crippen molar-refractivity contribution in [1.29, 1.82) is 0 Å². The molecule has 1 saturated carbocycles. The number of carbonyl (C=O) groups excluding carboxylic acids is 1. The average molecular weight is 345 g/mol. The molecule has 4 rings (SSSR count). The molecule has 0 aromatic heterocycles. The van der Waals surface area contributed by atoms with Gasteiger partial charge in [0.15, 0.2) is 11.5 Å². The van der Waals surface area contributed by atoms with Gasteiger partial charge >= 0.3 is 6.03 Å². The molecule has 1 saturated heterocycles. The minimum absolute atomic E-state index is 0.0754. The van der Waals surface area contributed by atoms with Gasteiger partial charge in [0.05, 0.1) is 14.2 Å².